The van der Waals surface area contributed by atoms with E-state index in [-0.39, 0.29) is 0 Å². The lowest BCUT2D eigenvalue weighted by molar-refractivity contribution is 0.821. The van der Waals surface area contributed by atoms with Crippen molar-refractivity contribution >= 4 is 16.6 Å². The molecule has 0 fully saturated rings. The van der Waals surface area contributed by atoms with Crippen LogP contribution >= 0.6 is 0 Å². The number of hydrogen-bond donors (Lipinski definition) is 0. The quantitative estimate of drug-likeness (QED) is 0.684. The molecule has 0 unspecified atom stereocenters. The highest BCUT2D eigenvalue weighted by Crippen LogP contribution is 2.30. The van der Waals surface area contributed by atoms with E-state index >= 15 is 0 Å². The zero-order chi connectivity index (χ0) is 14.1. The Hall–Kier alpha value is -2.62. The molecule has 1 aromatic carbocycles. The summed E-state index contributed by atoms with van der Waals surface area (Å²) in [5, 5.41) is 0. The average molecular weight is 274 g/mol. The first-order valence-electron chi connectivity index (χ1n) is 7.12. The Morgan fingerprint density at radius 2 is 1.86 bits per heavy atom. The van der Waals surface area contributed by atoms with Crippen LogP contribution in [0.4, 0.5) is 0 Å². The van der Waals surface area contributed by atoms with Crippen molar-refractivity contribution in [2.75, 3.05) is 0 Å². The lowest BCUT2D eigenvalue weighted by atomic mass is 9.97. The lowest BCUT2D eigenvalue weighted by Crippen LogP contribution is -1.98. The van der Waals surface area contributed by atoms with Gasteiger partial charge in [0.15, 0.2) is 0 Å². The van der Waals surface area contributed by atoms with E-state index in [2.05, 4.69) is 38.1 Å². The SMILES string of the molecule is C1=C(c2ccc3nccnc3c2)c2cncnc2CCC1. The Kier molecular flexibility index (Phi) is 2.92. The summed E-state index contributed by atoms with van der Waals surface area (Å²) in [5.74, 6) is 0. The van der Waals surface area contributed by atoms with Gasteiger partial charge in [-0.1, -0.05) is 12.1 Å². The molecule has 0 saturated heterocycles. The van der Waals surface area contributed by atoms with Crippen molar-refractivity contribution in [3.63, 3.8) is 0 Å². The molecule has 3 aromatic rings. The van der Waals surface area contributed by atoms with Crippen molar-refractivity contribution in [3.05, 3.63) is 66.0 Å². The van der Waals surface area contributed by atoms with Crippen molar-refractivity contribution in [2.45, 2.75) is 19.3 Å². The third-order valence-electron chi connectivity index (χ3n) is 3.83. The summed E-state index contributed by atoms with van der Waals surface area (Å²) in [6.07, 6.45) is 12.5. The number of hydrogen-bond acceptors (Lipinski definition) is 4. The predicted molar refractivity (Wildman–Crippen MR) is 81.6 cm³/mol. The molecular formula is C17H14N4. The van der Waals surface area contributed by atoms with E-state index in [0.29, 0.717) is 0 Å². The monoisotopic (exact) mass is 274 g/mol. The van der Waals surface area contributed by atoms with Gasteiger partial charge in [0.25, 0.3) is 0 Å². The molecule has 0 N–H and O–H groups in total. The summed E-state index contributed by atoms with van der Waals surface area (Å²) < 4.78 is 0. The molecule has 102 valence electrons. The van der Waals surface area contributed by atoms with Gasteiger partial charge in [0.05, 0.1) is 16.7 Å². The maximum atomic E-state index is 4.44. The molecule has 0 bridgehead atoms. The second-order valence-corrected chi connectivity index (χ2v) is 5.15. The topological polar surface area (TPSA) is 51.6 Å². The third-order valence-corrected chi connectivity index (χ3v) is 3.83. The van der Waals surface area contributed by atoms with Gasteiger partial charge in [-0.15, -0.1) is 0 Å². The molecule has 4 rings (SSSR count). The van der Waals surface area contributed by atoms with Crippen LogP contribution in [0.15, 0.2) is 49.2 Å². The zero-order valence-electron chi connectivity index (χ0n) is 11.5. The average Bonchev–Trinajstić information content (AvgIpc) is 2.77. The molecule has 0 spiro atoms. The minimum absolute atomic E-state index is 0.915. The molecule has 4 heteroatoms. The van der Waals surface area contributed by atoms with Crippen molar-refractivity contribution in [1.82, 2.24) is 19.9 Å². The van der Waals surface area contributed by atoms with Crippen LogP contribution in [0.5, 0.6) is 0 Å². The van der Waals surface area contributed by atoms with Crippen molar-refractivity contribution < 1.29 is 0 Å². The Balaban J connectivity index is 1.89. The van der Waals surface area contributed by atoms with Gasteiger partial charge in [0.1, 0.15) is 6.33 Å². The Morgan fingerprint density at radius 3 is 2.81 bits per heavy atom. The Morgan fingerprint density at radius 1 is 0.952 bits per heavy atom. The standard InChI is InChI=1S/C17H14N4/c1-2-4-15-14(10-18-11-21-15)13(3-1)12-5-6-16-17(9-12)20-8-7-19-16/h3,5-11H,1-2,4H2. The minimum Gasteiger partial charge on any atom is -0.253 e. The molecule has 2 aromatic heterocycles. The molecular weight excluding hydrogens is 260 g/mol. The van der Waals surface area contributed by atoms with Gasteiger partial charge in [-0.2, -0.15) is 0 Å². The van der Waals surface area contributed by atoms with E-state index in [1.165, 1.54) is 5.57 Å². The van der Waals surface area contributed by atoms with E-state index in [0.717, 1.165) is 47.1 Å². The van der Waals surface area contributed by atoms with E-state index in [9.17, 15) is 0 Å². The van der Waals surface area contributed by atoms with Gasteiger partial charge in [-0.05, 0) is 42.5 Å². The van der Waals surface area contributed by atoms with Crippen LogP contribution in [0, 0.1) is 0 Å². The second kappa shape index (κ2) is 5.05. The summed E-state index contributed by atoms with van der Waals surface area (Å²) in [7, 11) is 0. The molecule has 21 heavy (non-hydrogen) atoms. The van der Waals surface area contributed by atoms with Crippen LogP contribution in [-0.4, -0.2) is 19.9 Å². The van der Waals surface area contributed by atoms with Gasteiger partial charge in [-0.25, -0.2) is 9.97 Å². The van der Waals surface area contributed by atoms with Crippen molar-refractivity contribution in [3.8, 4) is 0 Å². The summed E-state index contributed by atoms with van der Waals surface area (Å²) in [6.45, 7) is 0. The van der Waals surface area contributed by atoms with Gasteiger partial charge in [0.2, 0.25) is 0 Å². The number of nitrogens with zero attached hydrogens (tertiary/aromatic N) is 4. The lowest BCUT2D eigenvalue weighted by Gasteiger charge is -2.10. The fraction of sp³-hybridized carbons (Fsp3) is 0.176. The molecule has 0 aliphatic heterocycles. The van der Waals surface area contributed by atoms with Gasteiger partial charge in [-0.3, -0.25) is 9.97 Å². The zero-order valence-corrected chi connectivity index (χ0v) is 11.5. The Bertz CT molecular complexity index is 839. The number of benzene rings is 1. The van der Waals surface area contributed by atoms with Crippen LogP contribution in [0.2, 0.25) is 0 Å². The van der Waals surface area contributed by atoms with Crippen LogP contribution in [0.1, 0.15) is 29.7 Å². The van der Waals surface area contributed by atoms with Crippen molar-refractivity contribution in [1.29, 1.82) is 0 Å². The molecule has 0 atom stereocenters. The third kappa shape index (κ3) is 2.18. The summed E-state index contributed by atoms with van der Waals surface area (Å²) >= 11 is 0. The maximum absolute atomic E-state index is 4.44. The molecule has 1 aliphatic rings. The van der Waals surface area contributed by atoms with Crippen LogP contribution < -0.4 is 0 Å². The fourth-order valence-corrected chi connectivity index (χ4v) is 2.81. The normalized spacial score (nSPS) is 14.4. The van der Waals surface area contributed by atoms with Gasteiger partial charge in [0, 0.05) is 24.2 Å². The van der Waals surface area contributed by atoms with Crippen LogP contribution in [0.25, 0.3) is 16.6 Å². The molecule has 2 heterocycles. The van der Waals surface area contributed by atoms with E-state index < -0.39 is 0 Å². The highest BCUT2D eigenvalue weighted by molar-refractivity contribution is 5.86. The first-order chi connectivity index (χ1) is 10.4. The van der Waals surface area contributed by atoms with E-state index in [1.54, 1.807) is 18.7 Å². The van der Waals surface area contributed by atoms with Gasteiger partial charge < -0.3 is 0 Å². The van der Waals surface area contributed by atoms with Crippen LogP contribution in [0.3, 0.4) is 0 Å². The van der Waals surface area contributed by atoms with Crippen LogP contribution in [-0.2, 0) is 6.42 Å². The number of aromatic nitrogens is 4. The summed E-state index contributed by atoms with van der Waals surface area (Å²) in [4.78, 5) is 17.4. The van der Waals surface area contributed by atoms with Crippen molar-refractivity contribution in [2.24, 2.45) is 0 Å². The highest BCUT2D eigenvalue weighted by Gasteiger charge is 2.14. The molecule has 0 amide bonds. The molecule has 0 saturated carbocycles. The Labute approximate surface area is 122 Å². The summed E-state index contributed by atoms with van der Waals surface area (Å²) in [6, 6.07) is 6.22. The van der Waals surface area contributed by atoms with E-state index in [4.69, 9.17) is 0 Å². The summed E-state index contributed by atoms with van der Waals surface area (Å²) in [5.41, 5.74) is 6.46. The molecule has 1 aliphatic carbocycles. The molecule has 4 nitrogen and oxygen atoms in total. The molecule has 0 radical (unpaired) electrons. The largest absolute Gasteiger partial charge is 0.253 e. The second-order valence-electron chi connectivity index (χ2n) is 5.15. The number of rotatable bonds is 1. The minimum atomic E-state index is 0.915. The first kappa shape index (κ1) is 12.1. The number of fused-ring (bicyclic) bond motifs is 2. The fourth-order valence-electron chi connectivity index (χ4n) is 2.81. The number of allylic oxidation sites excluding steroid dienone is 1. The first-order valence-corrected chi connectivity index (χ1v) is 7.12. The predicted octanol–water partition coefficient (Wildman–Crippen LogP) is 3.19. The number of aryl methyl sites for hydroxylation is 1. The highest BCUT2D eigenvalue weighted by atomic mass is 14.8. The smallest absolute Gasteiger partial charge is 0.115 e. The van der Waals surface area contributed by atoms with E-state index in [1.807, 2.05) is 12.3 Å². The maximum Gasteiger partial charge on any atom is 0.115 e. The van der Waals surface area contributed by atoms with Gasteiger partial charge >= 0.3 is 0 Å².